The van der Waals surface area contributed by atoms with Crippen molar-refractivity contribution in [3.8, 4) is 5.69 Å². The molecule has 2 aromatic rings. The number of hydrogen-bond acceptors (Lipinski definition) is 2. The highest BCUT2D eigenvalue weighted by atomic mass is 16.1. The van der Waals surface area contributed by atoms with Gasteiger partial charge in [-0.1, -0.05) is 25.1 Å². The van der Waals surface area contributed by atoms with Gasteiger partial charge < -0.3 is 10.3 Å². The van der Waals surface area contributed by atoms with Crippen molar-refractivity contribution in [3.63, 3.8) is 0 Å². The number of para-hydroxylation sites is 1. The Hall–Kier alpha value is -2.10. The normalized spacial score (nSPS) is 10.3. The van der Waals surface area contributed by atoms with Gasteiger partial charge in [0.1, 0.15) is 12.0 Å². The average Bonchev–Trinajstić information content (AvgIpc) is 2.78. The van der Waals surface area contributed by atoms with Crippen molar-refractivity contribution in [1.82, 2.24) is 9.55 Å². The second-order valence-corrected chi connectivity index (χ2v) is 3.51. The summed E-state index contributed by atoms with van der Waals surface area (Å²) in [5, 5.41) is 0. The van der Waals surface area contributed by atoms with Crippen molar-refractivity contribution in [2.45, 2.75) is 13.3 Å². The Morgan fingerprint density at radius 3 is 2.81 bits per heavy atom. The molecule has 2 N–H and O–H groups in total. The number of carbonyl (C=O) groups excluding carboxylic acids is 1. The number of rotatable bonds is 3. The Labute approximate surface area is 93.7 Å². The molecule has 1 amide bonds. The summed E-state index contributed by atoms with van der Waals surface area (Å²) >= 11 is 0. The van der Waals surface area contributed by atoms with Gasteiger partial charge in [0.05, 0.1) is 0 Å². The van der Waals surface area contributed by atoms with Crippen molar-refractivity contribution < 1.29 is 4.79 Å². The summed E-state index contributed by atoms with van der Waals surface area (Å²) in [6.07, 6.45) is 4.19. The molecule has 0 saturated heterocycles. The molecule has 0 bridgehead atoms. The second kappa shape index (κ2) is 4.18. The van der Waals surface area contributed by atoms with Crippen molar-refractivity contribution >= 4 is 5.91 Å². The number of hydrogen-bond donors (Lipinski definition) is 1. The summed E-state index contributed by atoms with van der Waals surface area (Å²) in [6.45, 7) is 2.09. The fourth-order valence-electron chi connectivity index (χ4n) is 1.64. The zero-order chi connectivity index (χ0) is 11.5. The maximum absolute atomic E-state index is 10.9. The topological polar surface area (TPSA) is 60.9 Å². The lowest BCUT2D eigenvalue weighted by Crippen LogP contribution is -2.11. The van der Waals surface area contributed by atoms with Crippen LogP contribution in [0, 0.1) is 0 Å². The molecule has 4 nitrogen and oxygen atoms in total. The Morgan fingerprint density at radius 1 is 1.44 bits per heavy atom. The molecular weight excluding hydrogens is 202 g/mol. The Bertz CT molecular complexity index is 516. The second-order valence-electron chi connectivity index (χ2n) is 3.51. The van der Waals surface area contributed by atoms with E-state index in [1.807, 2.05) is 22.8 Å². The number of amides is 1. The number of imidazole rings is 1. The van der Waals surface area contributed by atoms with E-state index in [1.165, 1.54) is 5.56 Å². The molecule has 16 heavy (non-hydrogen) atoms. The molecule has 0 spiro atoms. The minimum Gasteiger partial charge on any atom is -0.364 e. The first kappa shape index (κ1) is 10.4. The zero-order valence-corrected chi connectivity index (χ0v) is 9.05. The lowest BCUT2D eigenvalue weighted by molar-refractivity contribution is 0.0996. The summed E-state index contributed by atoms with van der Waals surface area (Å²) < 4.78 is 1.82. The third-order valence-electron chi connectivity index (χ3n) is 2.49. The fourth-order valence-corrected chi connectivity index (χ4v) is 1.64. The van der Waals surface area contributed by atoms with Gasteiger partial charge >= 0.3 is 0 Å². The highest BCUT2D eigenvalue weighted by molar-refractivity contribution is 5.90. The van der Waals surface area contributed by atoms with Crippen molar-refractivity contribution in [1.29, 1.82) is 0 Å². The first-order valence-electron chi connectivity index (χ1n) is 5.14. The van der Waals surface area contributed by atoms with E-state index in [-0.39, 0.29) is 5.69 Å². The third kappa shape index (κ3) is 1.82. The van der Waals surface area contributed by atoms with Crippen LogP contribution in [0.5, 0.6) is 0 Å². The smallest absolute Gasteiger partial charge is 0.268 e. The van der Waals surface area contributed by atoms with E-state index < -0.39 is 5.91 Å². The summed E-state index contributed by atoms with van der Waals surface area (Å²) in [4.78, 5) is 14.9. The zero-order valence-electron chi connectivity index (χ0n) is 9.05. The van der Waals surface area contributed by atoms with Gasteiger partial charge in [0.25, 0.3) is 5.91 Å². The molecule has 0 saturated carbocycles. The molecule has 1 aromatic heterocycles. The molecule has 0 aliphatic rings. The van der Waals surface area contributed by atoms with Gasteiger partial charge in [-0.15, -0.1) is 0 Å². The molecule has 0 aliphatic heterocycles. The summed E-state index contributed by atoms with van der Waals surface area (Å²) in [5.74, 6) is -0.507. The van der Waals surface area contributed by atoms with E-state index in [0.29, 0.717) is 0 Å². The number of aromatic nitrogens is 2. The molecule has 2 rings (SSSR count). The largest absolute Gasteiger partial charge is 0.364 e. The molecular formula is C12H13N3O. The number of benzene rings is 1. The van der Waals surface area contributed by atoms with E-state index in [9.17, 15) is 4.79 Å². The van der Waals surface area contributed by atoms with Crippen LogP contribution < -0.4 is 5.73 Å². The molecule has 1 heterocycles. The molecule has 4 heteroatoms. The number of aryl methyl sites for hydroxylation is 1. The molecule has 0 atom stereocenters. The SMILES string of the molecule is CCc1ccccc1-n1cnc(C(N)=O)c1. The number of primary amides is 1. The van der Waals surface area contributed by atoms with E-state index in [4.69, 9.17) is 5.73 Å². The molecule has 82 valence electrons. The van der Waals surface area contributed by atoms with Crippen LogP contribution in [0.2, 0.25) is 0 Å². The third-order valence-corrected chi connectivity index (χ3v) is 2.49. The standard InChI is InChI=1S/C12H13N3O/c1-2-9-5-3-4-6-11(9)15-7-10(12(13)16)14-8-15/h3-8H,2H2,1H3,(H2,13,16). The van der Waals surface area contributed by atoms with Gasteiger partial charge in [0.15, 0.2) is 0 Å². The monoisotopic (exact) mass is 215 g/mol. The predicted octanol–water partition coefficient (Wildman–Crippen LogP) is 1.53. The van der Waals surface area contributed by atoms with E-state index in [2.05, 4.69) is 18.0 Å². The van der Waals surface area contributed by atoms with Gasteiger partial charge in [-0.25, -0.2) is 4.98 Å². The van der Waals surface area contributed by atoms with Crippen LogP contribution in [-0.4, -0.2) is 15.5 Å². The van der Waals surface area contributed by atoms with Crippen LogP contribution in [0.15, 0.2) is 36.8 Å². The van der Waals surface area contributed by atoms with Crippen LogP contribution >= 0.6 is 0 Å². The Kier molecular flexibility index (Phi) is 2.72. The summed E-state index contributed by atoms with van der Waals surface area (Å²) in [6, 6.07) is 8.00. The van der Waals surface area contributed by atoms with Crippen LogP contribution in [0.1, 0.15) is 23.0 Å². The van der Waals surface area contributed by atoms with Gasteiger partial charge in [-0.3, -0.25) is 4.79 Å². The maximum atomic E-state index is 10.9. The molecule has 0 unspecified atom stereocenters. The fraction of sp³-hybridized carbons (Fsp3) is 0.167. The minimum atomic E-state index is -0.507. The first-order valence-corrected chi connectivity index (χ1v) is 5.14. The predicted molar refractivity (Wildman–Crippen MR) is 61.5 cm³/mol. The number of carbonyl (C=O) groups is 1. The molecule has 0 aliphatic carbocycles. The Balaban J connectivity index is 2.46. The average molecular weight is 215 g/mol. The highest BCUT2D eigenvalue weighted by Crippen LogP contribution is 2.15. The lowest BCUT2D eigenvalue weighted by atomic mass is 10.1. The number of nitrogens with zero attached hydrogens (tertiary/aromatic N) is 2. The van der Waals surface area contributed by atoms with Gasteiger partial charge in [0.2, 0.25) is 0 Å². The number of nitrogens with two attached hydrogens (primary N) is 1. The van der Waals surface area contributed by atoms with Crippen molar-refractivity contribution in [2.24, 2.45) is 5.73 Å². The van der Waals surface area contributed by atoms with E-state index >= 15 is 0 Å². The van der Waals surface area contributed by atoms with Crippen molar-refractivity contribution in [2.75, 3.05) is 0 Å². The van der Waals surface area contributed by atoms with Crippen molar-refractivity contribution in [3.05, 3.63) is 48.0 Å². The maximum Gasteiger partial charge on any atom is 0.268 e. The van der Waals surface area contributed by atoms with Crippen LogP contribution in [0.3, 0.4) is 0 Å². The van der Waals surface area contributed by atoms with Crippen LogP contribution in [0.4, 0.5) is 0 Å². The van der Waals surface area contributed by atoms with E-state index in [1.54, 1.807) is 12.5 Å². The lowest BCUT2D eigenvalue weighted by Gasteiger charge is -2.07. The van der Waals surface area contributed by atoms with Gasteiger partial charge in [-0.2, -0.15) is 0 Å². The van der Waals surface area contributed by atoms with Crippen LogP contribution in [0.25, 0.3) is 5.69 Å². The van der Waals surface area contributed by atoms with Gasteiger partial charge in [-0.05, 0) is 18.1 Å². The van der Waals surface area contributed by atoms with Crippen LogP contribution in [-0.2, 0) is 6.42 Å². The summed E-state index contributed by atoms with van der Waals surface area (Å²) in [5.41, 5.74) is 7.68. The molecule has 0 fully saturated rings. The van der Waals surface area contributed by atoms with E-state index in [0.717, 1.165) is 12.1 Å². The highest BCUT2D eigenvalue weighted by Gasteiger charge is 2.07. The molecule has 0 radical (unpaired) electrons. The minimum absolute atomic E-state index is 0.283. The summed E-state index contributed by atoms with van der Waals surface area (Å²) in [7, 11) is 0. The first-order chi connectivity index (χ1) is 7.72. The molecule has 1 aromatic carbocycles. The van der Waals surface area contributed by atoms with Gasteiger partial charge in [0, 0.05) is 11.9 Å². The quantitative estimate of drug-likeness (QED) is 0.844. The Morgan fingerprint density at radius 2 is 2.19 bits per heavy atom.